The molecule has 0 aliphatic heterocycles. The normalized spacial score (nSPS) is 9.46. The van der Waals surface area contributed by atoms with Gasteiger partial charge >= 0.3 is 0 Å². The first-order chi connectivity index (χ1) is 6.29. The average Bonchev–Trinajstić information content (AvgIpc) is 2.63. The molecular weight excluding hydrogens is 160 g/mol. The maximum absolute atomic E-state index is 5.73. The molecule has 2 heteroatoms. The predicted octanol–water partition coefficient (Wildman–Crippen LogP) is 3.08. The van der Waals surface area contributed by atoms with Gasteiger partial charge in [-0.3, -0.25) is 0 Å². The summed E-state index contributed by atoms with van der Waals surface area (Å²) >= 11 is 0. The zero-order chi connectivity index (χ0) is 9.84. The van der Waals surface area contributed by atoms with Crippen LogP contribution in [-0.4, -0.2) is 4.98 Å². The third-order valence-electron chi connectivity index (χ3n) is 2.05. The molecule has 13 heavy (non-hydrogen) atoms. The molecule has 3 N–H and O–H groups in total. The molecule has 70 valence electrons. The van der Waals surface area contributed by atoms with E-state index in [1.165, 1.54) is 5.39 Å². The van der Waals surface area contributed by atoms with Crippen LogP contribution in [0, 0.1) is 6.92 Å². The second-order valence-corrected chi connectivity index (χ2v) is 2.72. The van der Waals surface area contributed by atoms with Crippen molar-refractivity contribution in [2.24, 2.45) is 0 Å². The molecule has 0 saturated carbocycles. The number of rotatable bonds is 0. The van der Waals surface area contributed by atoms with Crippen molar-refractivity contribution in [3.05, 3.63) is 30.0 Å². The fourth-order valence-electron chi connectivity index (χ4n) is 1.30. The van der Waals surface area contributed by atoms with Gasteiger partial charge in [0.05, 0.1) is 0 Å². The summed E-state index contributed by atoms with van der Waals surface area (Å²) in [6.07, 6.45) is 1.93. The van der Waals surface area contributed by atoms with Gasteiger partial charge in [-0.25, -0.2) is 0 Å². The second-order valence-electron chi connectivity index (χ2n) is 2.72. The van der Waals surface area contributed by atoms with Gasteiger partial charge in [-0.05, 0) is 30.7 Å². The number of nitrogens with two attached hydrogens (primary N) is 1. The van der Waals surface area contributed by atoms with Crippen LogP contribution in [0.5, 0.6) is 0 Å². The number of nitrogen functional groups attached to an aromatic ring is 1. The Morgan fingerprint density at radius 2 is 1.85 bits per heavy atom. The van der Waals surface area contributed by atoms with E-state index >= 15 is 0 Å². The summed E-state index contributed by atoms with van der Waals surface area (Å²) in [5.74, 6) is 0. The Labute approximate surface area is 78.8 Å². The topological polar surface area (TPSA) is 41.8 Å². The van der Waals surface area contributed by atoms with Crippen LogP contribution in [0.25, 0.3) is 10.9 Å². The third-order valence-corrected chi connectivity index (χ3v) is 2.05. The molecule has 1 heterocycles. The smallest absolute Gasteiger partial charge is 0.0458 e. The first-order valence-electron chi connectivity index (χ1n) is 4.61. The van der Waals surface area contributed by atoms with Gasteiger partial charge in [-0.15, -0.1) is 0 Å². The van der Waals surface area contributed by atoms with E-state index in [2.05, 4.69) is 4.98 Å². The maximum Gasteiger partial charge on any atom is 0.0458 e. The van der Waals surface area contributed by atoms with Gasteiger partial charge in [0.2, 0.25) is 0 Å². The van der Waals surface area contributed by atoms with Crippen LogP contribution in [0.3, 0.4) is 0 Å². The molecule has 2 rings (SSSR count). The van der Waals surface area contributed by atoms with Gasteiger partial charge in [0.25, 0.3) is 0 Å². The van der Waals surface area contributed by atoms with Gasteiger partial charge in [0.1, 0.15) is 0 Å². The Balaban J connectivity index is 0.000000396. The summed E-state index contributed by atoms with van der Waals surface area (Å²) in [6, 6.07) is 5.97. The van der Waals surface area contributed by atoms with Crippen molar-refractivity contribution in [2.45, 2.75) is 20.8 Å². The summed E-state index contributed by atoms with van der Waals surface area (Å²) in [5.41, 5.74) is 8.90. The molecule has 2 aromatic rings. The Bertz CT molecular complexity index is 388. The number of hydrogen-bond acceptors (Lipinski definition) is 1. The van der Waals surface area contributed by atoms with Crippen LogP contribution in [0.1, 0.15) is 19.4 Å². The van der Waals surface area contributed by atoms with Crippen molar-refractivity contribution in [3.8, 4) is 0 Å². The van der Waals surface area contributed by atoms with Gasteiger partial charge in [0.15, 0.2) is 0 Å². The lowest BCUT2D eigenvalue weighted by Crippen LogP contribution is -1.88. The number of aromatic amines is 1. The summed E-state index contributed by atoms with van der Waals surface area (Å²) < 4.78 is 0. The number of hydrogen-bond donors (Lipinski definition) is 2. The molecule has 0 saturated heterocycles. The Morgan fingerprint density at radius 3 is 2.54 bits per heavy atom. The zero-order valence-electron chi connectivity index (χ0n) is 8.39. The molecule has 0 spiro atoms. The van der Waals surface area contributed by atoms with Crippen molar-refractivity contribution in [2.75, 3.05) is 5.73 Å². The van der Waals surface area contributed by atoms with Crippen molar-refractivity contribution in [1.29, 1.82) is 0 Å². The highest BCUT2D eigenvalue weighted by molar-refractivity contribution is 5.86. The molecule has 0 bridgehead atoms. The molecule has 0 amide bonds. The van der Waals surface area contributed by atoms with E-state index in [0.717, 1.165) is 16.8 Å². The third kappa shape index (κ3) is 1.66. The Hall–Kier alpha value is -1.44. The van der Waals surface area contributed by atoms with Crippen molar-refractivity contribution in [3.63, 3.8) is 0 Å². The molecular formula is C11H16N2. The fraction of sp³-hybridized carbons (Fsp3) is 0.273. The number of nitrogens with one attached hydrogen (secondary N) is 1. The van der Waals surface area contributed by atoms with Gasteiger partial charge < -0.3 is 10.7 Å². The minimum atomic E-state index is 0.858. The van der Waals surface area contributed by atoms with E-state index in [-0.39, 0.29) is 0 Å². The van der Waals surface area contributed by atoms with E-state index in [9.17, 15) is 0 Å². The van der Waals surface area contributed by atoms with Crippen LogP contribution in [0.2, 0.25) is 0 Å². The number of aromatic nitrogens is 1. The largest absolute Gasteiger partial charge is 0.398 e. The first kappa shape index (κ1) is 9.65. The molecule has 0 unspecified atom stereocenters. The van der Waals surface area contributed by atoms with E-state index < -0.39 is 0 Å². The van der Waals surface area contributed by atoms with Crippen molar-refractivity contribution >= 4 is 16.6 Å². The minimum absolute atomic E-state index is 0.858. The standard InChI is InChI=1S/C9H10N2.C2H6/c1-6-7-4-5-11-9(7)3-2-8(6)10;1-2/h2-5,11H,10H2,1H3;1-2H3. The minimum Gasteiger partial charge on any atom is -0.398 e. The number of fused-ring (bicyclic) bond motifs is 1. The van der Waals surface area contributed by atoms with E-state index in [1.807, 2.05) is 45.2 Å². The van der Waals surface area contributed by atoms with Crippen LogP contribution >= 0.6 is 0 Å². The van der Waals surface area contributed by atoms with Crippen LogP contribution in [0.4, 0.5) is 5.69 Å². The Morgan fingerprint density at radius 1 is 1.15 bits per heavy atom. The lowest BCUT2D eigenvalue weighted by Gasteiger charge is -1.99. The predicted molar refractivity (Wildman–Crippen MR) is 58.8 cm³/mol. The van der Waals surface area contributed by atoms with Crippen molar-refractivity contribution in [1.82, 2.24) is 4.98 Å². The fourth-order valence-corrected chi connectivity index (χ4v) is 1.30. The molecule has 1 aromatic heterocycles. The van der Waals surface area contributed by atoms with Gasteiger partial charge in [-0.1, -0.05) is 13.8 Å². The summed E-state index contributed by atoms with van der Waals surface area (Å²) in [4.78, 5) is 3.13. The van der Waals surface area contributed by atoms with Gasteiger partial charge in [0, 0.05) is 22.8 Å². The van der Waals surface area contributed by atoms with Crippen LogP contribution < -0.4 is 5.73 Å². The summed E-state index contributed by atoms with van der Waals surface area (Å²) in [5, 5.41) is 1.21. The first-order valence-corrected chi connectivity index (χ1v) is 4.61. The SMILES string of the molecule is CC.Cc1c(N)ccc2[nH]ccc12. The highest BCUT2D eigenvalue weighted by Crippen LogP contribution is 2.21. The maximum atomic E-state index is 5.73. The lowest BCUT2D eigenvalue weighted by molar-refractivity contribution is 1.47. The monoisotopic (exact) mass is 176 g/mol. The molecule has 2 nitrogen and oxygen atoms in total. The summed E-state index contributed by atoms with van der Waals surface area (Å²) in [6.45, 7) is 6.03. The molecule has 1 aromatic carbocycles. The molecule has 0 aliphatic rings. The quantitative estimate of drug-likeness (QED) is 0.595. The second kappa shape index (κ2) is 3.99. The highest BCUT2D eigenvalue weighted by Gasteiger charge is 1.99. The number of aryl methyl sites for hydroxylation is 1. The van der Waals surface area contributed by atoms with E-state index in [1.54, 1.807) is 0 Å². The van der Waals surface area contributed by atoms with E-state index in [4.69, 9.17) is 5.73 Å². The average molecular weight is 176 g/mol. The lowest BCUT2D eigenvalue weighted by atomic mass is 10.1. The highest BCUT2D eigenvalue weighted by atomic mass is 14.7. The zero-order valence-corrected chi connectivity index (χ0v) is 8.39. The van der Waals surface area contributed by atoms with Gasteiger partial charge in [-0.2, -0.15) is 0 Å². The number of anilines is 1. The van der Waals surface area contributed by atoms with Crippen LogP contribution in [-0.2, 0) is 0 Å². The molecule has 0 atom stereocenters. The number of H-pyrrole nitrogens is 1. The van der Waals surface area contributed by atoms with Crippen molar-refractivity contribution < 1.29 is 0 Å². The van der Waals surface area contributed by atoms with Crippen LogP contribution in [0.15, 0.2) is 24.4 Å². The van der Waals surface area contributed by atoms with E-state index in [0.29, 0.717) is 0 Å². The molecule has 0 fully saturated rings. The molecule has 0 radical (unpaired) electrons. The number of benzene rings is 1. The summed E-state index contributed by atoms with van der Waals surface area (Å²) in [7, 11) is 0. The molecule has 0 aliphatic carbocycles. The Kier molecular flexibility index (Phi) is 2.96.